The van der Waals surface area contributed by atoms with E-state index in [1.807, 2.05) is 4.90 Å². The van der Waals surface area contributed by atoms with Crippen LogP contribution in [0.15, 0.2) is 11.8 Å². The minimum atomic E-state index is 0.335. The van der Waals surface area contributed by atoms with Crippen LogP contribution in [-0.2, 0) is 4.79 Å². The summed E-state index contributed by atoms with van der Waals surface area (Å²) in [6, 6.07) is 0. The van der Waals surface area contributed by atoms with E-state index in [9.17, 15) is 4.79 Å². The third-order valence-electron chi connectivity index (χ3n) is 2.44. The van der Waals surface area contributed by atoms with E-state index in [1.165, 1.54) is 12.1 Å². The van der Waals surface area contributed by atoms with Gasteiger partial charge in [-0.15, -0.1) is 0 Å². The first kappa shape index (κ1) is 6.89. The Balaban J connectivity index is 2.20. The minimum absolute atomic E-state index is 0.335. The summed E-state index contributed by atoms with van der Waals surface area (Å²) in [5.41, 5.74) is 1.28. The second-order valence-electron chi connectivity index (χ2n) is 3.24. The molecule has 2 nitrogen and oxygen atoms in total. The molecular weight excluding hydrogens is 138 g/mol. The molecule has 0 aliphatic carbocycles. The first-order chi connectivity index (χ1) is 5.38. The fourth-order valence-corrected chi connectivity index (χ4v) is 1.85. The molecule has 2 rings (SSSR count). The molecule has 1 fully saturated rings. The molecule has 0 aromatic heterocycles. The Morgan fingerprint density at radius 1 is 1.27 bits per heavy atom. The zero-order valence-corrected chi connectivity index (χ0v) is 6.68. The summed E-state index contributed by atoms with van der Waals surface area (Å²) in [5.74, 6) is 0.335. The van der Waals surface area contributed by atoms with Crippen LogP contribution < -0.4 is 0 Å². The van der Waals surface area contributed by atoms with E-state index < -0.39 is 0 Å². The Morgan fingerprint density at radius 3 is 3.00 bits per heavy atom. The van der Waals surface area contributed by atoms with Gasteiger partial charge in [0.2, 0.25) is 5.91 Å². The molecule has 0 aromatic carbocycles. The molecular formula is C9H13NO. The van der Waals surface area contributed by atoms with Gasteiger partial charge >= 0.3 is 0 Å². The smallest absolute Gasteiger partial charge is 0.226 e. The van der Waals surface area contributed by atoms with E-state index in [2.05, 4.69) is 6.08 Å². The number of nitrogens with zero attached hydrogens (tertiary/aromatic N) is 1. The van der Waals surface area contributed by atoms with Gasteiger partial charge < -0.3 is 4.90 Å². The molecule has 0 saturated carbocycles. The Kier molecular flexibility index (Phi) is 1.68. The van der Waals surface area contributed by atoms with Gasteiger partial charge in [0.15, 0.2) is 0 Å². The Hall–Kier alpha value is -0.790. The number of rotatable bonds is 0. The van der Waals surface area contributed by atoms with E-state index >= 15 is 0 Å². The van der Waals surface area contributed by atoms with E-state index in [4.69, 9.17) is 0 Å². The van der Waals surface area contributed by atoms with Crippen LogP contribution >= 0.6 is 0 Å². The molecule has 60 valence electrons. The fraction of sp³-hybridized carbons (Fsp3) is 0.667. The van der Waals surface area contributed by atoms with Crippen LogP contribution in [0.1, 0.15) is 32.1 Å². The van der Waals surface area contributed by atoms with Crippen LogP contribution in [0, 0.1) is 0 Å². The van der Waals surface area contributed by atoms with Crippen molar-refractivity contribution in [3.05, 3.63) is 11.8 Å². The summed E-state index contributed by atoms with van der Waals surface area (Å²) < 4.78 is 0. The van der Waals surface area contributed by atoms with Crippen LogP contribution in [0.2, 0.25) is 0 Å². The zero-order valence-electron chi connectivity index (χ0n) is 6.68. The molecule has 1 amide bonds. The molecule has 1 saturated heterocycles. The van der Waals surface area contributed by atoms with Gasteiger partial charge in [0, 0.05) is 18.7 Å². The number of hydrogen-bond acceptors (Lipinski definition) is 1. The van der Waals surface area contributed by atoms with Crippen molar-refractivity contribution >= 4 is 5.91 Å². The van der Waals surface area contributed by atoms with Crippen molar-refractivity contribution in [1.82, 2.24) is 4.90 Å². The lowest BCUT2D eigenvalue weighted by atomic mass is 10.0. The fourth-order valence-electron chi connectivity index (χ4n) is 1.85. The predicted octanol–water partition coefficient (Wildman–Crippen LogP) is 1.68. The van der Waals surface area contributed by atoms with Crippen molar-refractivity contribution in [3.63, 3.8) is 0 Å². The molecule has 0 unspecified atom stereocenters. The van der Waals surface area contributed by atoms with Crippen LogP contribution in [0.3, 0.4) is 0 Å². The van der Waals surface area contributed by atoms with E-state index in [0.29, 0.717) is 5.91 Å². The molecule has 0 bridgehead atoms. The summed E-state index contributed by atoms with van der Waals surface area (Å²) in [4.78, 5) is 13.3. The summed E-state index contributed by atoms with van der Waals surface area (Å²) >= 11 is 0. The quantitative estimate of drug-likeness (QED) is 0.515. The van der Waals surface area contributed by atoms with Gasteiger partial charge in [-0.3, -0.25) is 4.79 Å². The lowest BCUT2D eigenvalue weighted by molar-refractivity contribution is -0.131. The average Bonchev–Trinajstić information content (AvgIpc) is 2.06. The Bertz CT molecular complexity index is 208. The number of amides is 1. The highest BCUT2D eigenvalue weighted by atomic mass is 16.2. The maximum Gasteiger partial charge on any atom is 0.226 e. The first-order valence-electron chi connectivity index (χ1n) is 4.37. The van der Waals surface area contributed by atoms with E-state index in [1.54, 1.807) is 0 Å². The second kappa shape index (κ2) is 2.68. The lowest BCUT2D eigenvalue weighted by Crippen LogP contribution is -2.36. The van der Waals surface area contributed by atoms with Gasteiger partial charge in [0.05, 0.1) is 0 Å². The predicted molar refractivity (Wildman–Crippen MR) is 42.9 cm³/mol. The highest BCUT2D eigenvalue weighted by molar-refractivity contribution is 5.79. The highest BCUT2D eigenvalue weighted by Gasteiger charge is 2.23. The molecule has 0 N–H and O–H groups in total. The summed E-state index contributed by atoms with van der Waals surface area (Å²) in [5, 5.41) is 0. The number of hydrogen-bond donors (Lipinski definition) is 0. The molecule has 2 heterocycles. The molecule has 0 aromatic rings. The van der Waals surface area contributed by atoms with E-state index in [-0.39, 0.29) is 0 Å². The van der Waals surface area contributed by atoms with Crippen molar-refractivity contribution in [2.75, 3.05) is 6.54 Å². The summed E-state index contributed by atoms with van der Waals surface area (Å²) in [7, 11) is 0. The average molecular weight is 151 g/mol. The van der Waals surface area contributed by atoms with Gasteiger partial charge in [0.1, 0.15) is 0 Å². The van der Waals surface area contributed by atoms with Crippen molar-refractivity contribution in [2.24, 2.45) is 0 Å². The number of fused-ring (bicyclic) bond motifs is 1. The lowest BCUT2D eigenvalue weighted by Gasteiger charge is -2.32. The maximum absolute atomic E-state index is 11.3. The van der Waals surface area contributed by atoms with Crippen molar-refractivity contribution in [1.29, 1.82) is 0 Å². The van der Waals surface area contributed by atoms with Gasteiger partial charge in [-0.1, -0.05) is 6.08 Å². The first-order valence-corrected chi connectivity index (χ1v) is 4.37. The van der Waals surface area contributed by atoms with E-state index in [0.717, 1.165) is 32.2 Å². The summed E-state index contributed by atoms with van der Waals surface area (Å²) in [6.45, 7) is 0.963. The molecule has 11 heavy (non-hydrogen) atoms. The molecule has 2 aliphatic rings. The van der Waals surface area contributed by atoms with Crippen molar-refractivity contribution < 1.29 is 4.79 Å². The van der Waals surface area contributed by atoms with Crippen LogP contribution in [0.25, 0.3) is 0 Å². The monoisotopic (exact) mass is 151 g/mol. The Labute approximate surface area is 66.9 Å². The zero-order chi connectivity index (χ0) is 7.68. The van der Waals surface area contributed by atoms with Gasteiger partial charge in [0.25, 0.3) is 0 Å². The largest absolute Gasteiger partial charge is 0.317 e. The normalized spacial score (nSPS) is 24.5. The number of allylic oxidation sites excluding steroid dienone is 2. The van der Waals surface area contributed by atoms with Gasteiger partial charge in [-0.05, 0) is 25.7 Å². The van der Waals surface area contributed by atoms with Gasteiger partial charge in [-0.25, -0.2) is 0 Å². The van der Waals surface area contributed by atoms with Crippen LogP contribution in [0.4, 0.5) is 0 Å². The molecule has 2 heteroatoms. The molecule has 2 aliphatic heterocycles. The van der Waals surface area contributed by atoms with Gasteiger partial charge in [-0.2, -0.15) is 0 Å². The van der Waals surface area contributed by atoms with Crippen molar-refractivity contribution in [2.45, 2.75) is 32.1 Å². The third-order valence-corrected chi connectivity index (χ3v) is 2.44. The van der Waals surface area contributed by atoms with Crippen molar-refractivity contribution in [3.8, 4) is 0 Å². The Morgan fingerprint density at radius 2 is 2.18 bits per heavy atom. The molecule has 0 atom stereocenters. The second-order valence-corrected chi connectivity index (χ2v) is 3.24. The third kappa shape index (κ3) is 1.17. The molecule has 0 spiro atoms. The van der Waals surface area contributed by atoms with Crippen LogP contribution in [0.5, 0.6) is 0 Å². The number of carbonyl (C=O) groups excluding carboxylic acids is 1. The topological polar surface area (TPSA) is 20.3 Å². The maximum atomic E-state index is 11.3. The summed E-state index contributed by atoms with van der Waals surface area (Å²) in [6.07, 6.45) is 7.47. The standard InChI is InChI=1S/C9H13NO/c11-9-6-3-5-8-4-1-2-7-10(8)9/h4H,1-3,5-7H2. The molecule has 0 radical (unpaired) electrons. The highest BCUT2D eigenvalue weighted by Crippen LogP contribution is 2.25. The SMILES string of the molecule is O=C1CCCC2=CCCCN12. The number of carbonyl (C=O) groups is 1. The van der Waals surface area contributed by atoms with Crippen LogP contribution in [-0.4, -0.2) is 17.4 Å². The minimum Gasteiger partial charge on any atom is -0.317 e. The number of piperidine rings is 1.